The number of primary amides is 1. The fraction of sp³-hybridized carbons (Fsp3) is 0.292. The molecule has 2 aliphatic rings. The molecule has 2 aliphatic heterocycles. The molecule has 3 aromatic rings. The smallest absolute Gasteiger partial charge is 0.275 e. The van der Waals surface area contributed by atoms with Crippen LogP contribution in [0.15, 0.2) is 53.3 Å². The Hall–Kier alpha value is -4.25. The van der Waals surface area contributed by atoms with Gasteiger partial charge in [0.15, 0.2) is 11.8 Å². The number of nitrogens with zero attached hydrogens (tertiary/aromatic N) is 4. The summed E-state index contributed by atoms with van der Waals surface area (Å²) in [5, 5.41) is 4.63. The fourth-order valence-corrected chi connectivity index (χ4v) is 4.32. The molecule has 0 spiro atoms. The molecular weight excluding hydrogens is 454 g/mol. The van der Waals surface area contributed by atoms with Crippen LogP contribution in [0.2, 0.25) is 0 Å². The molecular formula is C24H23N5O6. The van der Waals surface area contributed by atoms with E-state index in [1.807, 2.05) is 0 Å². The van der Waals surface area contributed by atoms with E-state index in [9.17, 15) is 19.2 Å². The Bertz CT molecular complexity index is 1380. The second-order valence-electron chi connectivity index (χ2n) is 8.24. The summed E-state index contributed by atoms with van der Waals surface area (Å²) in [7, 11) is 0. The number of morpholine rings is 1. The van der Waals surface area contributed by atoms with Gasteiger partial charge in [-0.1, -0.05) is 30.3 Å². The van der Waals surface area contributed by atoms with Crippen molar-refractivity contribution in [2.24, 2.45) is 5.73 Å². The summed E-state index contributed by atoms with van der Waals surface area (Å²) >= 11 is 0. The maximum absolute atomic E-state index is 13.5. The van der Waals surface area contributed by atoms with Crippen molar-refractivity contribution < 1.29 is 23.9 Å². The Balaban J connectivity index is 1.47. The lowest BCUT2D eigenvalue weighted by atomic mass is 10.1. The highest BCUT2D eigenvalue weighted by Gasteiger charge is 2.36. The number of nitrogens with two attached hydrogens (primary N) is 1. The van der Waals surface area contributed by atoms with Gasteiger partial charge in [-0.3, -0.25) is 19.2 Å². The molecule has 1 unspecified atom stereocenters. The van der Waals surface area contributed by atoms with Gasteiger partial charge in [0.2, 0.25) is 5.91 Å². The van der Waals surface area contributed by atoms with Gasteiger partial charge >= 0.3 is 0 Å². The number of para-hydroxylation sites is 2. The van der Waals surface area contributed by atoms with Crippen LogP contribution in [0, 0.1) is 0 Å². The number of ether oxygens (including phenoxy) is 2. The Morgan fingerprint density at radius 3 is 2.43 bits per heavy atom. The van der Waals surface area contributed by atoms with Crippen LogP contribution in [0.5, 0.6) is 5.75 Å². The van der Waals surface area contributed by atoms with Crippen molar-refractivity contribution in [2.45, 2.75) is 12.6 Å². The summed E-state index contributed by atoms with van der Waals surface area (Å²) in [4.78, 5) is 54.6. The molecule has 1 atom stereocenters. The third kappa shape index (κ3) is 4.21. The standard InChI is InChI=1S/C24H23N5O6/c25-22(31)21-15-5-1-2-6-16(15)23(32)29(26-21)14-20(30)28-13-19(24(33)27-9-11-34-12-10-27)35-18-8-4-3-7-17(18)28/h1-8,19H,9-14H2,(H2,25,31). The van der Waals surface area contributed by atoms with E-state index >= 15 is 0 Å². The molecule has 0 radical (unpaired) electrons. The van der Waals surface area contributed by atoms with Gasteiger partial charge in [-0.2, -0.15) is 5.10 Å². The van der Waals surface area contributed by atoms with E-state index in [4.69, 9.17) is 15.2 Å². The lowest BCUT2D eigenvalue weighted by Crippen LogP contribution is -2.54. The van der Waals surface area contributed by atoms with Crippen LogP contribution >= 0.6 is 0 Å². The Labute approximate surface area is 199 Å². The summed E-state index contributed by atoms with van der Waals surface area (Å²) in [6.45, 7) is 1.29. The van der Waals surface area contributed by atoms with E-state index < -0.39 is 30.0 Å². The van der Waals surface area contributed by atoms with E-state index in [0.717, 1.165) is 4.68 Å². The number of anilines is 1. The molecule has 2 N–H and O–H groups in total. The molecule has 1 saturated heterocycles. The average Bonchev–Trinajstić information content (AvgIpc) is 2.89. The van der Waals surface area contributed by atoms with Crippen LogP contribution in [0.3, 0.4) is 0 Å². The van der Waals surface area contributed by atoms with Crippen LogP contribution in [0.1, 0.15) is 10.5 Å². The van der Waals surface area contributed by atoms with Crippen molar-refractivity contribution >= 4 is 34.2 Å². The minimum atomic E-state index is -0.908. The first-order chi connectivity index (χ1) is 16.9. The number of benzene rings is 2. The van der Waals surface area contributed by atoms with Crippen molar-refractivity contribution in [2.75, 3.05) is 37.7 Å². The van der Waals surface area contributed by atoms with Crippen LogP contribution in [0.25, 0.3) is 10.8 Å². The minimum absolute atomic E-state index is 0.0307. The molecule has 5 rings (SSSR count). The predicted octanol–water partition coefficient (Wildman–Crippen LogP) is 0.148. The number of aromatic nitrogens is 2. The first kappa shape index (κ1) is 22.5. The van der Waals surface area contributed by atoms with E-state index in [0.29, 0.717) is 43.1 Å². The quantitative estimate of drug-likeness (QED) is 0.565. The molecule has 3 heterocycles. The summed E-state index contributed by atoms with van der Waals surface area (Å²) in [6, 6.07) is 13.3. The number of fused-ring (bicyclic) bond motifs is 2. The third-order valence-corrected chi connectivity index (χ3v) is 6.06. The van der Waals surface area contributed by atoms with Crippen LogP contribution in [-0.4, -0.2) is 71.4 Å². The number of amides is 3. The third-order valence-electron chi connectivity index (χ3n) is 6.06. The van der Waals surface area contributed by atoms with Crippen LogP contribution < -0.4 is 20.9 Å². The summed E-state index contributed by atoms with van der Waals surface area (Å²) in [5.41, 5.74) is 5.33. The molecule has 11 nitrogen and oxygen atoms in total. The maximum Gasteiger partial charge on any atom is 0.275 e. The molecule has 0 bridgehead atoms. The van der Waals surface area contributed by atoms with Crippen LogP contribution in [-0.2, 0) is 20.9 Å². The molecule has 11 heteroatoms. The summed E-state index contributed by atoms with van der Waals surface area (Å²) < 4.78 is 12.2. The highest BCUT2D eigenvalue weighted by atomic mass is 16.5. The number of rotatable bonds is 4. The fourth-order valence-electron chi connectivity index (χ4n) is 4.32. The van der Waals surface area contributed by atoms with Gasteiger partial charge in [0.25, 0.3) is 17.4 Å². The highest BCUT2D eigenvalue weighted by Crippen LogP contribution is 2.33. The van der Waals surface area contributed by atoms with Crippen molar-refractivity contribution in [1.29, 1.82) is 0 Å². The second-order valence-corrected chi connectivity index (χ2v) is 8.24. The maximum atomic E-state index is 13.5. The first-order valence-corrected chi connectivity index (χ1v) is 11.2. The molecule has 2 aromatic carbocycles. The summed E-state index contributed by atoms with van der Waals surface area (Å²) in [6.07, 6.45) is -0.908. The zero-order valence-electron chi connectivity index (χ0n) is 18.8. The SMILES string of the molecule is NC(=O)c1nn(CC(=O)N2CC(C(=O)N3CCOCC3)Oc3ccccc32)c(=O)c2ccccc12. The topological polar surface area (TPSA) is 137 Å². The Kier molecular flexibility index (Phi) is 5.91. The minimum Gasteiger partial charge on any atom is -0.476 e. The van der Waals surface area contributed by atoms with E-state index in [-0.39, 0.29) is 23.5 Å². The predicted molar refractivity (Wildman–Crippen MR) is 125 cm³/mol. The van der Waals surface area contributed by atoms with Crippen LogP contribution in [0.4, 0.5) is 5.69 Å². The first-order valence-electron chi connectivity index (χ1n) is 11.2. The average molecular weight is 477 g/mol. The molecule has 35 heavy (non-hydrogen) atoms. The monoisotopic (exact) mass is 477 g/mol. The van der Waals surface area contributed by atoms with Gasteiger partial charge < -0.3 is 25.0 Å². The molecule has 180 valence electrons. The zero-order chi connectivity index (χ0) is 24.5. The van der Waals surface area contributed by atoms with Gasteiger partial charge in [-0.25, -0.2) is 4.68 Å². The van der Waals surface area contributed by atoms with E-state index in [1.54, 1.807) is 53.4 Å². The van der Waals surface area contributed by atoms with E-state index in [2.05, 4.69) is 5.10 Å². The van der Waals surface area contributed by atoms with Crippen molar-refractivity contribution in [3.63, 3.8) is 0 Å². The zero-order valence-corrected chi connectivity index (χ0v) is 18.8. The number of carbonyl (C=O) groups excluding carboxylic acids is 3. The molecule has 1 fully saturated rings. The van der Waals surface area contributed by atoms with Gasteiger partial charge in [0.05, 0.1) is 30.8 Å². The number of carbonyl (C=O) groups is 3. The summed E-state index contributed by atoms with van der Waals surface area (Å²) in [5.74, 6) is -1.15. The molecule has 0 aliphatic carbocycles. The van der Waals surface area contributed by atoms with Crippen molar-refractivity contribution in [1.82, 2.24) is 14.7 Å². The van der Waals surface area contributed by atoms with Crippen molar-refractivity contribution in [3.8, 4) is 5.75 Å². The second kappa shape index (κ2) is 9.18. The van der Waals surface area contributed by atoms with Gasteiger partial charge in [-0.15, -0.1) is 0 Å². The normalized spacial score (nSPS) is 17.5. The Morgan fingerprint density at radius 1 is 1.00 bits per heavy atom. The number of hydrogen-bond acceptors (Lipinski definition) is 7. The highest BCUT2D eigenvalue weighted by molar-refractivity contribution is 6.04. The van der Waals surface area contributed by atoms with Gasteiger partial charge in [0, 0.05) is 18.5 Å². The molecule has 1 aromatic heterocycles. The lowest BCUT2D eigenvalue weighted by molar-refractivity contribution is -0.142. The number of hydrogen-bond donors (Lipinski definition) is 1. The lowest BCUT2D eigenvalue weighted by Gasteiger charge is -2.37. The molecule has 3 amide bonds. The largest absolute Gasteiger partial charge is 0.476 e. The van der Waals surface area contributed by atoms with Gasteiger partial charge in [-0.05, 0) is 18.2 Å². The van der Waals surface area contributed by atoms with Crippen molar-refractivity contribution in [3.05, 3.63) is 64.6 Å². The van der Waals surface area contributed by atoms with E-state index in [1.165, 1.54) is 4.90 Å². The Morgan fingerprint density at radius 2 is 1.69 bits per heavy atom. The molecule has 0 saturated carbocycles. The van der Waals surface area contributed by atoms with Gasteiger partial charge in [0.1, 0.15) is 12.3 Å².